The van der Waals surface area contributed by atoms with Gasteiger partial charge in [0.05, 0.1) is 5.25 Å². The number of rotatable bonds is 7. The third-order valence-corrected chi connectivity index (χ3v) is 6.28. The van der Waals surface area contributed by atoms with Crippen LogP contribution in [0.4, 0.5) is 0 Å². The van der Waals surface area contributed by atoms with Crippen molar-refractivity contribution in [3.63, 3.8) is 0 Å². The molecule has 146 valence electrons. The van der Waals surface area contributed by atoms with Gasteiger partial charge in [-0.05, 0) is 44.6 Å². The molecule has 0 radical (unpaired) electrons. The van der Waals surface area contributed by atoms with Crippen molar-refractivity contribution in [2.75, 3.05) is 6.54 Å². The van der Waals surface area contributed by atoms with E-state index < -0.39 is 0 Å². The first-order valence-electron chi connectivity index (χ1n) is 9.76. The van der Waals surface area contributed by atoms with Crippen LogP contribution in [0.15, 0.2) is 40.3 Å². The molecule has 2 atom stereocenters. The van der Waals surface area contributed by atoms with Crippen molar-refractivity contribution in [2.24, 2.45) is 0 Å². The molecule has 2 heterocycles. The molecule has 6 nitrogen and oxygen atoms in total. The zero-order valence-corrected chi connectivity index (χ0v) is 16.9. The van der Waals surface area contributed by atoms with Crippen LogP contribution in [0.3, 0.4) is 0 Å². The first kappa shape index (κ1) is 19.7. The number of aryl methyl sites for hydroxylation is 1. The lowest BCUT2D eigenvalue weighted by Gasteiger charge is -2.36. The molecule has 1 aromatic heterocycles. The van der Waals surface area contributed by atoms with Crippen molar-refractivity contribution in [3.8, 4) is 0 Å². The zero-order chi connectivity index (χ0) is 19.2. The largest absolute Gasteiger partial charge is 0.343 e. The Morgan fingerprint density at radius 2 is 2.11 bits per heavy atom. The van der Waals surface area contributed by atoms with Gasteiger partial charge in [-0.2, -0.15) is 0 Å². The summed E-state index contributed by atoms with van der Waals surface area (Å²) in [6.45, 7) is 5.44. The Morgan fingerprint density at radius 3 is 2.85 bits per heavy atom. The molecule has 0 saturated carbocycles. The summed E-state index contributed by atoms with van der Waals surface area (Å²) in [6, 6.07) is 10.4. The lowest BCUT2D eigenvalue weighted by atomic mass is 10.00. The molecule has 27 heavy (non-hydrogen) atoms. The number of likely N-dealkylation sites (tertiary alicyclic amines) is 1. The number of amides is 1. The second-order valence-corrected chi connectivity index (χ2v) is 8.36. The lowest BCUT2D eigenvalue weighted by Crippen LogP contribution is -2.46. The number of piperidine rings is 1. The van der Waals surface area contributed by atoms with Crippen LogP contribution >= 0.6 is 11.8 Å². The van der Waals surface area contributed by atoms with Gasteiger partial charge in [0.2, 0.25) is 5.91 Å². The van der Waals surface area contributed by atoms with Crippen LogP contribution in [0.5, 0.6) is 0 Å². The van der Waals surface area contributed by atoms with E-state index in [0.717, 1.165) is 32.2 Å². The van der Waals surface area contributed by atoms with Gasteiger partial charge in [0.25, 0.3) is 0 Å². The number of carbonyl (C=O) groups is 1. The van der Waals surface area contributed by atoms with Crippen LogP contribution in [0, 0.1) is 0 Å². The van der Waals surface area contributed by atoms with Gasteiger partial charge in [-0.1, -0.05) is 49.0 Å². The molecule has 0 spiro atoms. The third-order valence-electron chi connectivity index (χ3n) is 5.20. The van der Waals surface area contributed by atoms with E-state index in [-0.39, 0.29) is 16.8 Å². The fraction of sp³-hybridized carbons (Fsp3) is 0.550. The average Bonchev–Trinajstić information content (AvgIpc) is 3.05. The monoisotopic (exact) mass is 388 g/mol. The van der Waals surface area contributed by atoms with Gasteiger partial charge < -0.3 is 4.90 Å². The summed E-state index contributed by atoms with van der Waals surface area (Å²) < 4.78 is 1.63. The maximum atomic E-state index is 12.9. The maximum Gasteiger partial charge on any atom is 0.343 e. The minimum atomic E-state index is -0.261. The summed E-state index contributed by atoms with van der Waals surface area (Å²) in [5.41, 5.74) is 0.947. The van der Waals surface area contributed by atoms with Gasteiger partial charge in [-0.25, -0.2) is 9.89 Å². The van der Waals surface area contributed by atoms with Gasteiger partial charge in [-0.3, -0.25) is 9.36 Å². The average molecular weight is 389 g/mol. The minimum absolute atomic E-state index is 0.150. The molecular formula is C20H28N4O2S. The first-order valence-corrected chi connectivity index (χ1v) is 10.6. The standard InChI is InChI=1S/C20H28N4O2S/c1-3-17-11-7-8-13-23(17)18(25)15(2)27-20-22-21-19(26)24(20)14-12-16-9-5-4-6-10-16/h4-6,9-10,15,17H,3,7-8,11-14H2,1-2H3,(H,21,26). The van der Waals surface area contributed by atoms with Crippen LogP contribution in [-0.2, 0) is 17.8 Å². The molecule has 1 saturated heterocycles. The summed E-state index contributed by atoms with van der Waals surface area (Å²) in [5.74, 6) is 0.150. The number of hydrogen-bond acceptors (Lipinski definition) is 4. The molecule has 2 unspecified atom stereocenters. The topological polar surface area (TPSA) is 71.0 Å². The highest BCUT2D eigenvalue weighted by Crippen LogP contribution is 2.26. The highest BCUT2D eigenvalue weighted by molar-refractivity contribution is 8.00. The number of nitrogens with one attached hydrogen (secondary N) is 1. The fourth-order valence-corrected chi connectivity index (χ4v) is 4.59. The van der Waals surface area contributed by atoms with E-state index in [9.17, 15) is 9.59 Å². The molecule has 1 fully saturated rings. The number of hydrogen-bond donors (Lipinski definition) is 1. The van der Waals surface area contributed by atoms with Crippen LogP contribution in [0.2, 0.25) is 0 Å². The normalized spacial score (nSPS) is 18.4. The summed E-state index contributed by atoms with van der Waals surface area (Å²) >= 11 is 1.37. The molecule has 0 aliphatic carbocycles. The Bertz CT molecular complexity index is 802. The Hall–Kier alpha value is -2.02. The second-order valence-electron chi connectivity index (χ2n) is 7.05. The Morgan fingerprint density at radius 1 is 1.33 bits per heavy atom. The SMILES string of the molecule is CCC1CCCCN1C(=O)C(C)Sc1n[nH]c(=O)n1CCc1ccccc1. The van der Waals surface area contributed by atoms with E-state index in [1.807, 2.05) is 42.2 Å². The van der Waals surface area contributed by atoms with E-state index >= 15 is 0 Å². The third kappa shape index (κ3) is 4.83. The number of aromatic amines is 1. The van der Waals surface area contributed by atoms with E-state index in [1.165, 1.54) is 23.7 Å². The van der Waals surface area contributed by atoms with E-state index in [1.54, 1.807) is 4.57 Å². The van der Waals surface area contributed by atoms with Crippen molar-refractivity contribution in [1.82, 2.24) is 19.7 Å². The smallest absolute Gasteiger partial charge is 0.339 e. The molecule has 0 bridgehead atoms. The Labute approximate surface area is 164 Å². The number of nitrogens with zero attached hydrogens (tertiary/aromatic N) is 3. The second kappa shape index (κ2) is 9.26. The molecule has 3 rings (SSSR count). The number of H-pyrrole nitrogens is 1. The van der Waals surface area contributed by atoms with Crippen molar-refractivity contribution in [3.05, 3.63) is 46.4 Å². The quantitative estimate of drug-likeness (QED) is 0.740. The van der Waals surface area contributed by atoms with Crippen LogP contribution in [0.25, 0.3) is 0 Å². The Balaban J connectivity index is 1.66. The highest BCUT2D eigenvalue weighted by atomic mass is 32.2. The first-order chi connectivity index (χ1) is 13.1. The van der Waals surface area contributed by atoms with Gasteiger partial charge in [0.15, 0.2) is 5.16 Å². The predicted molar refractivity (Wildman–Crippen MR) is 108 cm³/mol. The maximum absolute atomic E-state index is 12.9. The fourth-order valence-electron chi connectivity index (χ4n) is 3.63. The molecule has 7 heteroatoms. The molecule has 1 amide bonds. The summed E-state index contributed by atoms with van der Waals surface area (Å²) in [7, 11) is 0. The van der Waals surface area contributed by atoms with Gasteiger partial charge >= 0.3 is 5.69 Å². The van der Waals surface area contributed by atoms with E-state index in [4.69, 9.17) is 0 Å². The molecule has 1 aromatic carbocycles. The van der Waals surface area contributed by atoms with E-state index in [2.05, 4.69) is 17.1 Å². The van der Waals surface area contributed by atoms with Crippen molar-refractivity contribution >= 4 is 17.7 Å². The predicted octanol–water partition coefficient (Wildman–Crippen LogP) is 3.09. The number of benzene rings is 1. The van der Waals surface area contributed by atoms with Crippen LogP contribution < -0.4 is 5.69 Å². The Kier molecular flexibility index (Phi) is 6.77. The molecule has 1 aliphatic heterocycles. The minimum Gasteiger partial charge on any atom is -0.339 e. The van der Waals surface area contributed by atoms with Gasteiger partial charge in [0.1, 0.15) is 0 Å². The molecular weight excluding hydrogens is 360 g/mol. The van der Waals surface area contributed by atoms with Crippen molar-refractivity contribution in [2.45, 2.75) is 68.9 Å². The lowest BCUT2D eigenvalue weighted by molar-refractivity contribution is -0.134. The highest BCUT2D eigenvalue weighted by Gasteiger charge is 2.30. The van der Waals surface area contributed by atoms with Crippen molar-refractivity contribution < 1.29 is 4.79 Å². The summed E-state index contributed by atoms with van der Waals surface area (Å²) in [6.07, 6.45) is 5.10. The van der Waals surface area contributed by atoms with Crippen LogP contribution in [-0.4, -0.2) is 43.4 Å². The number of carbonyl (C=O) groups excluding carboxylic acids is 1. The molecule has 2 aromatic rings. The van der Waals surface area contributed by atoms with E-state index in [0.29, 0.717) is 17.7 Å². The van der Waals surface area contributed by atoms with Crippen LogP contribution in [0.1, 0.15) is 45.1 Å². The zero-order valence-electron chi connectivity index (χ0n) is 16.1. The van der Waals surface area contributed by atoms with Gasteiger partial charge in [0, 0.05) is 19.1 Å². The molecule has 1 N–H and O–H groups in total. The number of aromatic nitrogens is 3. The summed E-state index contributed by atoms with van der Waals surface area (Å²) in [5, 5.41) is 7.01. The van der Waals surface area contributed by atoms with Crippen molar-refractivity contribution in [1.29, 1.82) is 0 Å². The summed E-state index contributed by atoms with van der Waals surface area (Å²) in [4.78, 5) is 27.1. The number of thioether (sulfide) groups is 1. The van der Waals surface area contributed by atoms with Gasteiger partial charge in [-0.15, -0.1) is 5.10 Å². The molecule has 1 aliphatic rings.